The molecule has 2 aliphatic heterocycles. The van der Waals surface area contributed by atoms with E-state index in [2.05, 4.69) is 15.3 Å². The van der Waals surface area contributed by atoms with Gasteiger partial charge in [-0.2, -0.15) is 0 Å². The van der Waals surface area contributed by atoms with Gasteiger partial charge in [0, 0.05) is 24.2 Å². The number of aromatic amines is 1. The summed E-state index contributed by atoms with van der Waals surface area (Å²) in [6, 6.07) is 10.1. The second kappa shape index (κ2) is 14.3. The van der Waals surface area contributed by atoms with Gasteiger partial charge in [-0.05, 0) is 88.9 Å². The number of likely N-dealkylation sites (tertiary alicyclic amines) is 1. The summed E-state index contributed by atoms with van der Waals surface area (Å²) in [6.45, 7) is 11.4. The molecule has 0 spiro atoms. The second-order valence-electron chi connectivity index (χ2n) is 16.4. The average Bonchev–Trinajstić information content (AvgIpc) is 3.56. The summed E-state index contributed by atoms with van der Waals surface area (Å²) in [5.74, 6) is 0.639. The number of hydrogen-bond acceptors (Lipinski definition) is 9. The number of nitrogens with one attached hydrogen (secondary N) is 2. The number of alkyl carbamates (subject to hydrolysis) is 1. The highest BCUT2D eigenvalue weighted by Gasteiger charge is 2.39. The lowest BCUT2D eigenvalue weighted by Gasteiger charge is -2.37. The average molecular weight is 782 g/mol. The predicted molar refractivity (Wildman–Crippen MR) is 212 cm³/mol. The van der Waals surface area contributed by atoms with Gasteiger partial charge in [0.15, 0.2) is 0 Å². The first-order chi connectivity index (χ1) is 26.6. The van der Waals surface area contributed by atoms with E-state index in [4.69, 9.17) is 19.1 Å². The highest BCUT2D eigenvalue weighted by atomic mass is 32.1. The number of rotatable bonds is 11. The number of imidazole rings is 1. The number of fused-ring (bicyclic) bond motifs is 5. The van der Waals surface area contributed by atoms with Crippen LogP contribution in [0.15, 0.2) is 48.8 Å². The van der Waals surface area contributed by atoms with E-state index in [0.29, 0.717) is 53.0 Å². The number of H-pyrrole nitrogens is 1. The van der Waals surface area contributed by atoms with Crippen molar-refractivity contribution in [1.82, 2.24) is 29.7 Å². The van der Waals surface area contributed by atoms with Crippen LogP contribution in [0.1, 0.15) is 101 Å². The first-order valence-electron chi connectivity index (χ1n) is 19.2. The molecule has 1 radical (unpaired) electrons. The van der Waals surface area contributed by atoms with Gasteiger partial charge in [-0.25, -0.2) is 19.2 Å². The highest BCUT2D eigenvalue weighted by molar-refractivity contribution is 7.11. The van der Waals surface area contributed by atoms with E-state index in [0.717, 1.165) is 45.5 Å². The summed E-state index contributed by atoms with van der Waals surface area (Å²) in [6.07, 6.45) is 6.00. The molecule has 8 rings (SSSR count). The lowest BCUT2D eigenvalue weighted by molar-refractivity contribution is -0.135. The molecule has 1 aliphatic carbocycles. The Hall–Kier alpha value is -4.73. The lowest BCUT2D eigenvalue weighted by atomic mass is 9.82. The van der Waals surface area contributed by atoms with E-state index in [-0.39, 0.29) is 17.9 Å². The Balaban J connectivity index is 1.13. The fourth-order valence-corrected chi connectivity index (χ4v) is 8.46. The van der Waals surface area contributed by atoms with Crippen LogP contribution in [0.4, 0.5) is 9.18 Å². The largest absolute Gasteiger partial charge is 0.464 e. The molecule has 2 amide bonds. The minimum absolute atomic E-state index is 0.160. The lowest BCUT2D eigenvalue weighted by Crippen LogP contribution is -2.51. The van der Waals surface area contributed by atoms with E-state index in [1.165, 1.54) is 13.2 Å². The third-order valence-corrected chi connectivity index (χ3v) is 12.7. The molecule has 293 valence electrons. The molecule has 12 nitrogen and oxygen atoms in total. The SMILES string of the molecule is COC(=O)N[C@H](C(=O)N1CCC[C@H]1c1ncc(-c2cc(F)c3c(c2)O[C@@H](c2cnc(C4CC4)s2)n2c-3cc3cc([B]OC(C)(C)C(C)(C)O)ccc32)[nH]1)C(C)C. The maximum atomic E-state index is 16.6. The molecule has 56 heavy (non-hydrogen) atoms. The van der Waals surface area contributed by atoms with Crippen LogP contribution in [0, 0.1) is 11.7 Å². The molecule has 0 bridgehead atoms. The second-order valence-corrected chi connectivity index (χ2v) is 17.5. The van der Waals surface area contributed by atoms with Gasteiger partial charge in [0.05, 0.1) is 62.9 Å². The summed E-state index contributed by atoms with van der Waals surface area (Å²) in [5, 5.41) is 15.3. The number of carbonyl (C=O) groups is 2. The highest BCUT2D eigenvalue weighted by Crippen LogP contribution is 2.49. The molecular formula is C41H47BFN6O6S. The van der Waals surface area contributed by atoms with Crippen LogP contribution in [-0.2, 0) is 14.2 Å². The quantitative estimate of drug-likeness (QED) is 0.122. The maximum absolute atomic E-state index is 16.6. The van der Waals surface area contributed by atoms with Crippen LogP contribution in [0.25, 0.3) is 33.4 Å². The first-order valence-corrected chi connectivity index (χ1v) is 20.0. The van der Waals surface area contributed by atoms with Crippen molar-refractivity contribution < 1.29 is 33.2 Å². The molecule has 2 aromatic carbocycles. The molecule has 3 aromatic heterocycles. The third-order valence-electron chi connectivity index (χ3n) is 11.5. The van der Waals surface area contributed by atoms with Crippen molar-refractivity contribution in [3.8, 4) is 28.3 Å². The van der Waals surface area contributed by atoms with Crippen LogP contribution < -0.4 is 15.5 Å². The summed E-state index contributed by atoms with van der Waals surface area (Å²) in [4.78, 5) is 41.2. The molecule has 15 heteroatoms. The smallest absolute Gasteiger partial charge is 0.407 e. The molecule has 0 unspecified atom stereocenters. The fourth-order valence-electron chi connectivity index (χ4n) is 7.35. The molecule has 1 saturated heterocycles. The molecule has 1 saturated carbocycles. The first kappa shape index (κ1) is 38.2. The Bertz CT molecular complexity index is 2310. The number of benzene rings is 2. The number of halogens is 1. The van der Waals surface area contributed by atoms with E-state index in [9.17, 15) is 14.7 Å². The maximum Gasteiger partial charge on any atom is 0.407 e. The van der Waals surface area contributed by atoms with Crippen molar-refractivity contribution in [3.05, 3.63) is 70.3 Å². The van der Waals surface area contributed by atoms with Gasteiger partial charge in [0.1, 0.15) is 23.4 Å². The van der Waals surface area contributed by atoms with Gasteiger partial charge in [-0.15, -0.1) is 11.3 Å². The van der Waals surface area contributed by atoms with Gasteiger partial charge < -0.3 is 34.4 Å². The van der Waals surface area contributed by atoms with E-state index >= 15 is 4.39 Å². The molecule has 5 heterocycles. The van der Waals surface area contributed by atoms with Gasteiger partial charge in [0.25, 0.3) is 0 Å². The Morgan fingerprint density at radius 2 is 1.89 bits per heavy atom. The Labute approximate surface area is 330 Å². The van der Waals surface area contributed by atoms with Crippen LogP contribution in [-0.4, -0.2) is 79.9 Å². The number of aliphatic hydroxyl groups is 1. The molecule has 2 fully saturated rings. The minimum Gasteiger partial charge on any atom is -0.464 e. The number of thiazole rings is 1. The Morgan fingerprint density at radius 1 is 1.11 bits per heavy atom. The van der Waals surface area contributed by atoms with Crippen molar-refractivity contribution in [2.24, 2.45) is 5.92 Å². The Kier molecular flexibility index (Phi) is 9.77. The summed E-state index contributed by atoms with van der Waals surface area (Å²) in [5.41, 5.74) is 1.93. The third kappa shape index (κ3) is 6.98. The minimum atomic E-state index is -1.07. The fraction of sp³-hybridized carbons (Fsp3) is 0.463. The number of carbonyl (C=O) groups excluding carboxylic acids is 2. The van der Waals surface area contributed by atoms with Crippen LogP contribution in [0.3, 0.4) is 0 Å². The topological polar surface area (TPSA) is 144 Å². The van der Waals surface area contributed by atoms with Gasteiger partial charge >= 0.3 is 13.6 Å². The van der Waals surface area contributed by atoms with Crippen LogP contribution in [0.5, 0.6) is 5.75 Å². The number of ether oxygens (including phenoxy) is 2. The molecular weight excluding hydrogens is 734 g/mol. The van der Waals surface area contributed by atoms with Crippen molar-refractivity contribution in [1.29, 1.82) is 0 Å². The van der Waals surface area contributed by atoms with Crippen LogP contribution in [0.2, 0.25) is 0 Å². The monoisotopic (exact) mass is 781 g/mol. The van der Waals surface area contributed by atoms with Gasteiger partial charge in [-0.1, -0.05) is 31.4 Å². The summed E-state index contributed by atoms with van der Waals surface area (Å²) >= 11 is 1.63. The van der Waals surface area contributed by atoms with E-state index in [1.807, 2.05) is 68.8 Å². The van der Waals surface area contributed by atoms with Gasteiger partial charge in [-0.3, -0.25) is 9.36 Å². The zero-order valence-electron chi connectivity index (χ0n) is 32.7. The van der Waals surface area contributed by atoms with E-state index in [1.54, 1.807) is 43.8 Å². The molecule has 3 N–H and O–H groups in total. The molecule has 5 aromatic rings. The molecule has 3 atom stereocenters. The predicted octanol–water partition coefficient (Wildman–Crippen LogP) is 6.97. The number of hydrogen-bond donors (Lipinski definition) is 3. The van der Waals surface area contributed by atoms with Crippen molar-refractivity contribution in [2.75, 3.05) is 13.7 Å². The van der Waals surface area contributed by atoms with Crippen molar-refractivity contribution >= 4 is 47.2 Å². The molecule has 3 aliphatic rings. The van der Waals surface area contributed by atoms with Crippen molar-refractivity contribution in [3.63, 3.8) is 0 Å². The number of aromatic nitrogens is 4. The number of nitrogens with zero attached hydrogens (tertiary/aromatic N) is 4. The van der Waals surface area contributed by atoms with Gasteiger partial charge in [0.2, 0.25) is 12.1 Å². The zero-order chi connectivity index (χ0) is 39.7. The number of amides is 2. The Morgan fingerprint density at radius 3 is 2.61 bits per heavy atom. The van der Waals surface area contributed by atoms with Crippen LogP contribution >= 0.6 is 11.3 Å². The standard InChI is InChI=1S/C41H47BFN6O6S/c1-21(2)34(47-39(51)53-7)37(50)48-14-8-9-29(48)35-44-19-27(46-35)23-16-26(43)33-30-17-24-15-25(42-55-41(5,6)40(3,4)52)12-13-28(24)49(30)38(54-31(33)18-23)32-20-45-36(56-32)22-10-11-22/h12-13,15-22,29,34,38,52H,8-11,14H2,1-7H3,(H,44,46)(H,47,51)/t29-,34-,38-/m0/s1. The summed E-state index contributed by atoms with van der Waals surface area (Å²) < 4.78 is 36.2. The van der Waals surface area contributed by atoms with E-state index < -0.39 is 35.4 Å². The summed E-state index contributed by atoms with van der Waals surface area (Å²) in [7, 11) is 2.92. The van der Waals surface area contributed by atoms with Crippen molar-refractivity contribution in [2.45, 2.75) is 103 Å². The zero-order valence-corrected chi connectivity index (χ0v) is 33.5. The number of methoxy groups -OCH3 is 1. The normalized spacial score (nSPS) is 18.8.